The van der Waals surface area contributed by atoms with E-state index in [9.17, 15) is 0 Å². The molecule has 0 aliphatic carbocycles. The van der Waals surface area contributed by atoms with Gasteiger partial charge in [-0.15, -0.1) is 0 Å². The Balaban J connectivity index is 1.83. The van der Waals surface area contributed by atoms with Gasteiger partial charge < -0.3 is 15.2 Å². The Morgan fingerprint density at radius 1 is 1.56 bits per heavy atom. The molecule has 2 rings (SSSR count). The van der Waals surface area contributed by atoms with Crippen molar-refractivity contribution in [2.75, 3.05) is 32.1 Å². The number of aromatic nitrogens is 1. The maximum Gasteiger partial charge on any atom is 0.0425 e. The van der Waals surface area contributed by atoms with Crippen molar-refractivity contribution in [2.24, 2.45) is 0 Å². The van der Waals surface area contributed by atoms with E-state index in [1.807, 2.05) is 6.20 Å². The summed E-state index contributed by atoms with van der Waals surface area (Å²) in [7, 11) is 4.40. The highest BCUT2D eigenvalue weighted by Crippen LogP contribution is 2.31. The van der Waals surface area contributed by atoms with Crippen LogP contribution in [-0.4, -0.2) is 47.6 Å². The monoisotopic (exact) mass is 239 g/mol. The van der Waals surface area contributed by atoms with E-state index < -0.39 is 0 Å². The first-order chi connectivity index (χ1) is 7.73. The fourth-order valence-electron chi connectivity index (χ4n) is 2.15. The fraction of sp³-hybridized carbons (Fsp3) is 0.667. The van der Waals surface area contributed by atoms with Crippen LogP contribution in [0.3, 0.4) is 0 Å². The zero-order valence-corrected chi connectivity index (χ0v) is 10.9. The third-order valence-corrected chi connectivity index (χ3v) is 4.71. The second-order valence-corrected chi connectivity index (χ2v) is 5.85. The molecule has 0 spiro atoms. The van der Waals surface area contributed by atoms with Crippen LogP contribution in [-0.2, 0) is 6.54 Å². The maximum atomic E-state index is 3.58. The van der Waals surface area contributed by atoms with E-state index in [0.717, 1.165) is 13.1 Å². The highest BCUT2D eigenvalue weighted by atomic mass is 32.2. The topological polar surface area (TPSA) is 31.1 Å². The molecule has 1 fully saturated rings. The number of nitrogens with zero attached hydrogens (tertiary/aromatic N) is 1. The minimum absolute atomic E-state index is 0.362. The van der Waals surface area contributed by atoms with Crippen LogP contribution in [0.15, 0.2) is 18.5 Å². The Bertz CT molecular complexity index is 302. The fourth-order valence-corrected chi connectivity index (χ4v) is 3.71. The van der Waals surface area contributed by atoms with Crippen molar-refractivity contribution in [3.8, 4) is 0 Å². The van der Waals surface area contributed by atoms with Gasteiger partial charge in [0.25, 0.3) is 0 Å². The van der Waals surface area contributed by atoms with Crippen LogP contribution in [0.25, 0.3) is 0 Å². The zero-order chi connectivity index (χ0) is 11.4. The van der Waals surface area contributed by atoms with Crippen molar-refractivity contribution < 1.29 is 0 Å². The molecule has 1 saturated heterocycles. The first-order valence-corrected chi connectivity index (χ1v) is 6.96. The molecule has 16 heavy (non-hydrogen) atoms. The maximum absolute atomic E-state index is 3.58. The lowest BCUT2D eigenvalue weighted by Gasteiger charge is -2.36. The van der Waals surface area contributed by atoms with Gasteiger partial charge in [-0.2, -0.15) is 11.8 Å². The zero-order valence-electron chi connectivity index (χ0n) is 10.1. The molecule has 1 unspecified atom stereocenters. The van der Waals surface area contributed by atoms with E-state index in [4.69, 9.17) is 0 Å². The summed E-state index contributed by atoms with van der Waals surface area (Å²) in [6, 6.07) is 2.12. The Hall–Kier alpha value is -0.450. The summed E-state index contributed by atoms with van der Waals surface area (Å²) in [5.41, 5.74) is 1.69. The molecular weight excluding hydrogens is 218 g/mol. The van der Waals surface area contributed by atoms with E-state index >= 15 is 0 Å². The van der Waals surface area contributed by atoms with Crippen LogP contribution in [0, 0.1) is 0 Å². The molecule has 1 aromatic rings. The van der Waals surface area contributed by atoms with Crippen molar-refractivity contribution in [1.29, 1.82) is 0 Å². The number of hydrogen-bond acceptors (Lipinski definition) is 3. The van der Waals surface area contributed by atoms with Gasteiger partial charge in [0, 0.05) is 36.8 Å². The molecule has 1 aliphatic rings. The highest BCUT2D eigenvalue weighted by Gasteiger charge is 2.35. The molecule has 2 heterocycles. The van der Waals surface area contributed by atoms with Crippen LogP contribution >= 0.6 is 11.8 Å². The van der Waals surface area contributed by atoms with Crippen LogP contribution in [0.5, 0.6) is 0 Å². The number of aromatic amines is 1. The van der Waals surface area contributed by atoms with Crippen molar-refractivity contribution in [3.05, 3.63) is 24.0 Å². The number of hydrogen-bond donors (Lipinski definition) is 2. The SMILES string of the molecule is CN(C)C1(CNCc2cc[nH]c2)CCSC1. The lowest BCUT2D eigenvalue weighted by atomic mass is 9.97. The molecule has 4 heteroatoms. The largest absolute Gasteiger partial charge is 0.367 e. The quantitative estimate of drug-likeness (QED) is 0.817. The standard InChI is InChI=1S/C12H21N3S/c1-15(2)12(4-6-16-10-12)9-14-8-11-3-5-13-7-11/h3,5,7,13-14H,4,6,8-10H2,1-2H3. The molecule has 0 amide bonds. The molecule has 2 N–H and O–H groups in total. The molecule has 0 bridgehead atoms. The van der Waals surface area contributed by atoms with Crippen LogP contribution in [0.1, 0.15) is 12.0 Å². The first kappa shape index (κ1) is 12.0. The lowest BCUT2D eigenvalue weighted by Crippen LogP contribution is -2.51. The molecular formula is C12H21N3S. The summed E-state index contributed by atoms with van der Waals surface area (Å²) in [6.45, 7) is 2.04. The normalized spacial score (nSPS) is 25.4. The number of rotatable bonds is 5. The summed E-state index contributed by atoms with van der Waals surface area (Å²) < 4.78 is 0. The van der Waals surface area contributed by atoms with Crippen LogP contribution in [0.4, 0.5) is 0 Å². The summed E-state index contributed by atoms with van der Waals surface area (Å²) in [6.07, 6.45) is 5.33. The summed E-state index contributed by atoms with van der Waals surface area (Å²) in [5.74, 6) is 2.55. The minimum Gasteiger partial charge on any atom is -0.367 e. The van der Waals surface area contributed by atoms with E-state index in [1.54, 1.807) is 0 Å². The lowest BCUT2D eigenvalue weighted by molar-refractivity contribution is 0.175. The molecule has 90 valence electrons. The third kappa shape index (κ3) is 2.62. The molecule has 1 aliphatic heterocycles. The van der Waals surface area contributed by atoms with Crippen LogP contribution < -0.4 is 5.32 Å². The van der Waals surface area contributed by atoms with E-state index in [1.165, 1.54) is 23.5 Å². The van der Waals surface area contributed by atoms with Gasteiger partial charge in [-0.05, 0) is 37.9 Å². The highest BCUT2D eigenvalue weighted by molar-refractivity contribution is 7.99. The Morgan fingerprint density at radius 2 is 2.44 bits per heavy atom. The van der Waals surface area contributed by atoms with Gasteiger partial charge in [0.2, 0.25) is 0 Å². The average molecular weight is 239 g/mol. The van der Waals surface area contributed by atoms with Gasteiger partial charge in [0.05, 0.1) is 0 Å². The van der Waals surface area contributed by atoms with Gasteiger partial charge in [-0.3, -0.25) is 0 Å². The van der Waals surface area contributed by atoms with E-state index in [0.29, 0.717) is 5.54 Å². The van der Waals surface area contributed by atoms with Gasteiger partial charge in [-0.25, -0.2) is 0 Å². The minimum atomic E-state index is 0.362. The Kier molecular flexibility index (Phi) is 3.95. The second kappa shape index (κ2) is 5.25. The second-order valence-electron chi connectivity index (χ2n) is 4.74. The predicted octanol–water partition coefficient (Wildman–Crippen LogP) is 1.54. The van der Waals surface area contributed by atoms with Gasteiger partial charge in [0.1, 0.15) is 0 Å². The Labute approximate surface area is 102 Å². The molecule has 0 aromatic carbocycles. The number of nitrogens with one attached hydrogen (secondary N) is 2. The number of likely N-dealkylation sites (N-methyl/N-ethyl adjacent to an activating group) is 1. The van der Waals surface area contributed by atoms with E-state index in [-0.39, 0.29) is 0 Å². The molecule has 3 nitrogen and oxygen atoms in total. The smallest absolute Gasteiger partial charge is 0.0425 e. The van der Waals surface area contributed by atoms with Gasteiger partial charge >= 0.3 is 0 Å². The van der Waals surface area contributed by atoms with Crippen molar-refractivity contribution in [1.82, 2.24) is 15.2 Å². The predicted molar refractivity (Wildman–Crippen MR) is 70.9 cm³/mol. The molecule has 0 radical (unpaired) electrons. The van der Waals surface area contributed by atoms with Crippen molar-refractivity contribution in [3.63, 3.8) is 0 Å². The van der Waals surface area contributed by atoms with Crippen molar-refractivity contribution >= 4 is 11.8 Å². The summed E-state index contributed by atoms with van der Waals surface area (Å²) in [4.78, 5) is 5.47. The van der Waals surface area contributed by atoms with Gasteiger partial charge in [-0.1, -0.05) is 0 Å². The summed E-state index contributed by atoms with van der Waals surface area (Å²) >= 11 is 2.07. The third-order valence-electron chi connectivity index (χ3n) is 3.48. The van der Waals surface area contributed by atoms with Crippen LogP contribution in [0.2, 0.25) is 0 Å². The van der Waals surface area contributed by atoms with Crippen molar-refractivity contribution in [2.45, 2.75) is 18.5 Å². The summed E-state index contributed by atoms with van der Waals surface area (Å²) in [5, 5.41) is 3.58. The molecule has 0 saturated carbocycles. The molecule has 1 atom stereocenters. The molecule has 1 aromatic heterocycles. The van der Waals surface area contributed by atoms with Gasteiger partial charge in [0.15, 0.2) is 0 Å². The number of H-pyrrole nitrogens is 1. The average Bonchev–Trinajstić information content (AvgIpc) is 2.88. The Morgan fingerprint density at radius 3 is 3.00 bits per heavy atom. The van der Waals surface area contributed by atoms with E-state index in [2.05, 4.69) is 53.3 Å². The number of thioether (sulfide) groups is 1. The first-order valence-electron chi connectivity index (χ1n) is 5.80.